The second-order valence-corrected chi connectivity index (χ2v) is 8.74. The zero-order valence-electron chi connectivity index (χ0n) is 16.2. The van der Waals surface area contributed by atoms with Crippen molar-refractivity contribution in [3.8, 4) is 0 Å². The second-order valence-electron chi connectivity index (χ2n) is 8.74. The van der Waals surface area contributed by atoms with E-state index in [1.54, 1.807) is 6.92 Å². The molecule has 1 atom stereocenters. The molecule has 4 heteroatoms. The van der Waals surface area contributed by atoms with Crippen LogP contribution >= 0.6 is 0 Å². The Bertz CT molecular complexity index is 401. The molecule has 0 spiro atoms. The molecular formula is C21H38N2O2. The van der Waals surface area contributed by atoms with Crippen molar-refractivity contribution in [1.29, 1.82) is 0 Å². The molecule has 3 aliphatic rings. The van der Waals surface area contributed by atoms with Crippen molar-refractivity contribution in [2.75, 3.05) is 26.2 Å². The Morgan fingerprint density at radius 3 is 2.44 bits per heavy atom. The molecule has 0 aromatic carbocycles. The van der Waals surface area contributed by atoms with Crippen LogP contribution in [-0.2, 0) is 9.53 Å². The molecule has 2 saturated carbocycles. The van der Waals surface area contributed by atoms with Gasteiger partial charge in [0.1, 0.15) is 0 Å². The van der Waals surface area contributed by atoms with Gasteiger partial charge in [0.15, 0.2) is 0 Å². The molecule has 3 rings (SSSR count). The van der Waals surface area contributed by atoms with Crippen molar-refractivity contribution in [3.63, 3.8) is 0 Å². The number of hydrogen-bond donors (Lipinski definition) is 1. The number of ether oxygens (including phenoxy) is 1. The number of hydrogen-bond acceptors (Lipinski definition) is 3. The second kappa shape index (κ2) is 9.91. The molecule has 3 fully saturated rings. The van der Waals surface area contributed by atoms with Gasteiger partial charge in [0.2, 0.25) is 5.91 Å². The lowest BCUT2D eigenvalue weighted by molar-refractivity contribution is -0.119. The summed E-state index contributed by atoms with van der Waals surface area (Å²) < 4.78 is 6.17. The predicted molar refractivity (Wildman–Crippen MR) is 102 cm³/mol. The third-order valence-corrected chi connectivity index (χ3v) is 6.63. The summed E-state index contributed by atoms with van der Waals surface area (Å²) >= 11 is 0. The molecule has 2 aliphatic carbocycles. The highest BCUT2D eigenvalue weighted by atomic mass is 16.5. The maximum Gasteiger partial charge on any atom is 0.217 e. The van der Waals surface area contributed by atoms with Crippen molar-refractivity contribution < 1.29 is 9.53 Å². The molecule has 25 heavy (non-hydrogen) atoms. The van der Waals surface area contributed by atoms with Gasteiger partial charge >= 0.3 is 0 Å². The maximum atomic E-state index is 11.1. The SMILES string of the molecule is CC(=O)NC1CCN(CCOC2CCC(CC3CCCCC3)CC2)C1. The third kappa shape index (κ3) is 6.56. The lowest BCUT2D eigenvalue weighted by Crippen LogP contribution is -2.36. The van der Waals surface area contributed by atoms with Crippen LogP contribution in [0.4, 0.5) is 0 Å². The standard InChI is InChI=1S/C21H38N2O2/c1-17(24)22-20-11-12-23(16-20)13-14-25-21-9-7-19(8-10-21)15-18-5-3-2-4-6-18/h18-21H,2-16H2,1H3,(H,22,24). The van der Waals surface area contributed by atoms with Gasteiger partial charge in [-0.15, -0.1) is 0 Å². The van der Waals surface area contributed by atoms with Crippen LogP contribution in [0.25, 0.3) is 0 Å². The van der Waals surface area contributed by atoms with Gasteiger partial charge in [0.05, 0.1) is 12.7 Å². The van der Waals surface area contributed by atoms with E-state index in [1.165, 1.54) is 64.2 Å². The van der Waals surface area contributed by atoms with Gasteiger partial charge in [-0.25, -0.2) is 0 Å². The Hall–Kier alpha value is -0.610. The van der Waals surface area contributed by atoms with E-state index in [1.807, 2.05) is 0 Å². The monoisotopic (exact) mass is 350 g/mol. The summed E-state index contributed by atoms with van der Waals surface area (Å²) in [6.07, 6.45) is 15.8. The van der Waals surface area contributed by atoms with Gasteiger partial charge in [-0.05, 0) is 50.4 Å². The molecule has 1 amide bonds. The quantitative estimate of drug-likeness (QED) is 0.760. The van der Waals surface area contributed by atoms with Crippen molar-refractivity contribution >= 4 is 5.91 Å². The summed E-state index contributed by atoms with van der Waals surface area (Å²) in [7, 11) is 0. The van der Waals surface area contributed by atoms with Crippen LogP contribution < -0.4 is 5.32 Å². The molecule has 1 heterocycles. The average molecular weight is 351 g/mol. The Morgan fingerprint density at radius 1 is 1.00 bits per heavy atom. The number of carbonyl (C=O) groups excluding carboxylic acids is 1. The number of rotatable bonds is 7. The van der Waals surface area contributed by atoms with Gasteiger partial charge < -0.3 is 10.1 Å². The fourth-order valence-electron chi connectivity index (χ4n) is 5.22. The van der Waals surface area contributed by atoms with Crippen LogP contribution in [0.15, 0.2) is 0 Å². The van der Waals surface area contributed by atoms with Crippen molar-refractivity contribution in [2.24, 2.45) is 11.8 Å². The molecular weight excluding hydrogens is 312 g/mol. The molecule has 1 unspecified atom stereocenters. The molecule has 144 valence electrons. The first kappa shape index (κ1) is 19.2. The van der Waals surface area contributed by atoms with E-state index in [9.17, 15) is 4.79 Å². The molecule has 4 nitrogen and oxygen atoms in total. The van der Waals surface area contributed by atoms with E-state index >= 15 is 0 Å². The van der Waals surface area contributed by atoms with E-state index in [2.05, 4.69) is 10.2 Å². The van der Waals surface area contributed by atoms with Crippen LogP contribution in [0.3, 0.4) is 0 Å². The first-order chi connectivity index (χ1) is 12.2. The molecule has 0 bridgehead atoms. The van der Waals surface area contributed by atoms with Gasteiger partial charge in [0, 0.05) is 32.6 Å². The van der Waals surface area contributed by atoms with E-state index < -0.39 is 0 Å². The Kier molecular flexibility index (Phi) is 7.60. The molecule has 0 radical (unpaired) electrons. The molecule has 1 aliphatic heterocycles. The Balaban J connectivity index is 1.24. The molecule has 0 aromatic rings. The highest BCUT2D eigenvalue weighted by molar-refractivity contribution is 5.73. The first-order valence-electron chi connectivity index (χ1n) is 10.8. The summed E-state index contributed by atoms with van der Waals surface area (Å²) in [4.78, 5) is 13.6. The highest BCUT2D eigenvalue weighted by Crippen LogP contribution is 2.35. The Labute approximate surface area is 154 Å². The van der Waals surface area contributed by atoms with Gasteiger partial charge in [0.25, 0.3) is 0 Å². The minimum Gasteiger partial charge on any atom is -0.377 e. The minimum atomic E-state index is 0.0908. The summed E-state index contributed by atoms with van der Waals surface area (Å²) in [6, 6.07) is 0.340. The largest absolute Gasteiger partial charge is 0.377 e. The summed E-state index contributed by atoms with van der Waals surface area (Å²) in [5, 5.41) is 3.03. The number of likely N-dealkylation sites (tertiary alicyclic amines) is 1. The van der Waals surface area contributed by atoms with E-state index in [4.69, 9.17) is 4.74 Å². The Morgan fingerprint density at radius 2 is 1.72 bits per heavy atom. The topological polar surface area (TPSA) is 41.6 Å². The summed E-state index contributed by atoms with van der Waals surface area (Å²) in [6.45, 7) is 5.54. The fraction of sp³-hybridized carbons (Fsp3) is 0.952. The van der Waals surface area contributed by atoms with Crippen LogP contribution in [0.5, 0.6) is 0 Å². The smallest absolute Gasteiger partial charge is 0.217 e. The average Bonchev–Trinajstić information content (AvgIpc) is 3.04. The van der Waals surface area contributed by atoms with E-state index in [0.29, 0.717) is 12.1 Å². The lowest BCUT2D eigenvalue weighted by Gasteiger charge is -2.32. The molecule has 1 N–H and O–H groups in total. The highest BCUT2D eigenvalue weighted by Gasteiger charge is 2.26. The van der Waals surface area contributed by atoms with Gasteiger partial charge in [-0.3, -0.25) is 9.69 Å². The predicted octanol–water partition coefficient (Wildman–Crippen LogP) is 3.74. The van der Waals surface area contributed by atoms with Crippen molar-refractivity contribution in [1.82, 2.24) is 10.2 Å². The van der Waals surface area contributed by atoms with Crippen LogP contribution in [0, 0.1) is 11.8 Å². The normalized spacial score (nSPS) is 32.0. The number of nitrogens with zero attached hydrogens (tertiary/aromatic N) is 1. The summed E-state index contributed by atoms with van der Waals surface area (Å²) in [5.74, 6) is 2.09. The van der Waals surface area contributed by atoms with Crippen molar-refractivity contribution in [3.05, 3.63) is 0 Å². The fourth-order valence-corrected chi connectivity index (χ4v) is 5.22. The van der Waals surface area contributed by atoms with E-state index in [0.717, 1.165) is 44.5 Å². The molecule has 0 aromatic heterocycles. The minimum absolute atomic E-state index is 0.0908. The number of carbonyl (C=O) groups is 1. The number of nitrogens with one attached hydrogen (secondary N) is 1. The lowest BCUT2D eigenvalue weighted by atomic mass is 9.77. The first-order valence-corrected chi connectivity index (χ1v) is 10.8. The van der Waals surface area contributed by atoms with E-state index in [-0.39, 0.29) is 5.91 Å². The third-order valence-electron chi connectivity index (χ3n) is 6.63. The van der Waals surface area contributed by atoms with Crippen LogP contribution in [-0.4, -0.2) is 49.2 Å². The zero-order chi connectivity index (χ0) is 17.5. The van der Waals surface area contributed by atoms with Gasteiger partial charge in [-0.2, -0.15) is 0 Å². The van der Waals surface area contributed by atoms with Crippen LogP contribution in [0.1, 0.15) is 77.6 Å². The van der Waals surface area contributed by atoms with Crippen molar-refractivity contribution in [2.45, 2.75) is 89.7 Å². The van der Waals surface area contributed by atoms with Crippen LogP contribution in [0.2, 0.25) is 0 Å². The van der Waals surface area contributed by atoms with Gasteiger partial charge in [-0.1, -0.05) is 32.1 Å². The summed E-state index contributed by atoms with van der Waals surface area (Å²) in [5.41, 5.74) is 0. The maximum absolute atomic E-state index is 11.1. The molecule has 1 saturated heterocycles. The zero-order valence-corrected chi connectivity index (χ0v) is 16.2. The number of amides is 1.